The Morgan fingerprint density at radius 1 is 1.31 bits per heavy atom. The molecule has 158 valence electrons. The molecule has 29 heavy (non-hydrogen) atoms. The van der Waals surface area contributed by atoms with E-state index < -0.39 is 26.8 Å². The number of hydrogen-bond donors (Lipinski definition) is 3. The van der Waals surface area contributed by atoms with Crippen molar-refractivity contribution >= 4 is 39.2 Å². The topological polar surface area (TPSA) is 143 Å². The zero-order chi connectivity index (χ0) is 22.0. The molecule has 1 aromatic heterocycles. The number of nitrogens with zero attached hydrogens (tertiary/aromatic N) is 3. The number of benzene rings is 1. The minimum atomic E-state index is -4.20. The second kappa shape index (κ2) is 8.47. The van der Waals surface area contributed by atoms with Crippen LogP contribution in [0.2, 0.25) is 5.02 Å². The Hall–Kier alpha value is -2.50. The summed E-state index contributed by atoms with van der Waals surface area (Å²) in [6.45, 7) is 5.99. The molecule has 10 nitrogen and oxygen atoms in total. The average Bonchev–Trinajstić information content (AvgIpc) is 3.01. The molecule has 3 N–H and O–H groups in total. The first-order valence-corrected chi connectivity index (χ1v) is 10.4. The van der Waals surface area contributed by atoms with E-state index in [-0.39, 0.29) is 23.0 Å². The van der Waals surface area contributed by atoms with Crippen molar-refractivity contribution in [3.8, 4) is 0 Å². The van der Waals surface area contributed by atoms with Crippen LogP contribution in [0.15, 0.2) is 24.4 Å². The van der Waals surface area contributed by atoms with Crippen molar-refractivity contribution in [2.75, 3.05) is 5.32 Å². The van der Waals surface area contributed by atoms with Crippen LogP contribution < -0.4 is 10.6 Å². The van der Waals surface area contributed by atoms with E-state index in [0.717, 1.165) is 0 Å². The SMILES string of the molecule is CC(=O)Nc1cc(Cl)cc(C(=O)NC(C)(C)c2cn(CC(C)S(=O)(=O)O)nn2)c1. The molecule has 0 aliphatic carbocycles. The van der Waals surface area contributed by atoms with Crippen molar-refractivity contribution in [2.24, 2.45) is 0 Å². The molecule has 12 heteroatoms. The highest BCUT2D eigenvalue weighted by atomic mass is 35.5. The lowest BCUT2D eigenvalue weighted by Crippen LogP contribution is -2.41. The van der Waals surface area contributed by atoms with Crippen molar-refractivity contribution in [3.63, 3.8) is 0 Å². The van der Waals surface area contributed by atoms with Gasteiger partial charge in [0.15, 0.2) is 0 Å². The van der Waals surface area contributed by atoms with Gasteiger partial charge in [-0.3, -0.25) is 18.8 Å². The Bertz CT molecular complexity index is 1030. The lowest BCUT2D eigenvalue weighted by atomic mass is 10.0. The standard InChI is InChI=1S/C17H22ClN5O5S/c1-10(29(26,27)28)8-23-9-15(21-22-23)17(3,4)20-16(25)12-5-13(18)7-14(6-12)19-11(2)24/h5-7,9-10H,8H2,1-4H3,(H,19,24)(H,20,25)(H,26,27,28). The smallest absolute Gasteiger partial charge is 0.269 e. The van der Waals surface area contributed by atoms with E-state index in [1.165, 1.54) is 42.9 Å². The first-order valence-electron chi connectivity index (χ1n) is 8.55. The molecule has 0 radical (unpaired) electrons. The number of rotatable bonds is 7. The monoisotopic (exact) mass is 443 g/mol. The minimum Gasteiger partial charge on any atom is -0.341 e. The molecule has 1 heterocycles. The fourth-order valence-corrected chi connectivity index (χ4v) is 3.02. The van der Waals surface area contributed by atoms with Crippen LogP contribution in [0.25, 0.3) is 0 Å². The normalized spacial score (nSPS) is 13.0. The molecule has 1 atom stereocenters. The van der Waals surface area contributed by atoms with Crippen molar-refractivity contribution in [3.05, 3.63) is 40.7 Å². The summed E-state index contributed by atoms with van der Waals surface area (Å²) >= 11 is 6.03. The molecule has 0 aliphatic rings. The van der Waals surface area contributed by atoms with Gasteiger partial charge in [0.05, 0.1) is 18.3 Å². The summed E-state index contributed by atoms with van der Waals surface area (Å²) in [5.41, 5.74) is 0.0602. The van der Waals surface area contributed by atoms with Crippen molar-refractivity contribution < 1.29 is 22.6 Å². The van der Waals surface area contributed by atoms with Gasteiger partial charge in [-0.1, -0.05) is 16.8 Å². The summed E-state index contributed by atoms with van der Waals surface area (Å²) in [7, 11) is -4.20. The first kappa shape index (κ1) is 22.8. The lowest BCUT2D eigenvalue weighted by molar-refractivity contribution is -0.114. The predicted molar refractivity (Wildman–Crippen MR) is 107 cm³/mol. The van der Waals surface area contributed by atoms with E-state index in [1.54, 1.807) is 13.8 Å². The molecule has 0 saturated carbocycles. The van der Waals surface area contributed by atoms with Gasteiger partial charge in [0.1, 0.15) is 10.9 Å². The van der Waals surface area contributed by atoms with E-state index in [4.69, 9.17) is 16.2 Å². The predicted octanol–water partition coefficient (Wildman–Crippen LogP) is 1.83. The molecule has 0 bridgehead atoms. The molecule has 0 aliphatic heterocycles. The number of amides is 2. The third-order valence-electron chi connectivity index (χ3n) is 4.04. The Morgan fingerprint density at radius 3 is 2.55 bits per heavy atom. The van der Waals surface area contributed by atoms with Gasteiger partial charge in [-0.25, -0.2) is 0 Å². The average molecular weight is 444 g/mol. The Balaban J connectivity index is 2.18. The van der Waals surface area contributed by atoms with Crippen molar-refractivity contribution in [1.82, 2.24) is 20.3 Å². The summed E-state index contributed by atoms with van der Waals surface area (Å²) in [5, 5.41) is 12.4. The molecule has 2 amide bonds. The first-order chi connectivity index (χ1) is 13.3. The maximum atomic E-state index is 12.7. The molecule has 1 aromatic carbocycles. The van der Waals surface area contributed by atoms with Crippen LogP contribution in [-0.2, 0) is 27.0 Å². The fourth-order valence-electron chi connectivity index (χ4n) is 2.45. The molecule has 0 saturated heterocycles. The van der Waals surface area contributed by atoms with Gasteiger partial charge in [0, 0.05) is 23.2 Å². The fraction of sp³-hybridized carbons (Fsp3) is 0.412. The summed E-state index contributed by atoms with van der Waals surface area (Å²) in [6, 6.07) is 4.47. The van der Waals surface area contributed by atoms with Crippen molar-refractivity contribution in [1.29, 1.82) is 0 Å². The highest BCUT2D eigenvalue weighted by Crippen LogP contribution is 2.22. The molecule has 1 unspecified atom stereocenters. The van der Waals surface area contributed by atoms with Crippen LogP contribution in [0.4, 0.5) is 5.69 Å². The van der Waals surface area contributed by atoms with E-state index in [1.807, 2.05) is 0 Å². The van der Waals surface area contributed by atoms with Gasteiger partial charge in [-0.15, -0.1) is 5.10 Å². The largest absolute Gasteiger partial charge is 0.341 e. The van der Waals surface area contributed by atoms with Gasteiger partial charge in [0.25, 0.3) is 16.0 Å². The molecular weight excluding hydrogens is 422 g/mol. The summed E-state index contributed by atoms with van der Waals surface area (Å²) in [6.07, 6.45) is 1.49. The maximum Gasteiger partial charge on any atom is 0.269 e. The van der Waals surface area contributed by atoms with Crippen LogP contribution in [0.3, 0.4) is 0 Å². The molecule has 0 fully saturated rings. The van der Waals surface area contributed by atoms with Crippen LogP contribution in [0.1, 0.15) is 43.7 Å². The number of carbonyl (C=O) groups is 2. The van der Waals surface area contributed by atoms with E-state index in [0.29, 0.717) is 11.4 Å². The zero-order valence-electron chi connectivity index (χ0n) is 16.3. The Labute approximate surface area is 173 Å². The zero-order valence-corrected chi connectivity index (χ0v) is 17.9. The molecule has 2 aromatic rings. The number of halogens is 1. The Kier molecular flexibility index (Phi) is 6.66. The number of nitrogens with one attached hydrogen (secondary N) is 2. The third kappa shape index (κ3) is 6.24. The third-order valence-corrected chi connectivity index (χ3v) is 5.42. The number of carbonyl (C=O) groups excluding carboxylic acids is 2. The highest BCUT2D eigenvalue weighted by Gasteiger charge is 2.28. The van der Waals surface area contributed by atoms with Crippen LogP contribution in [0.5, 0.6) is 0 Å². The maximum absolute atomic E-state index is 12.7. The number of hydrogen-bond acceptors (Lipinski definition) is 6. The molecule has 0 spiro atoms. The molecule has 2 rings (SSSR count). The van der Waals surface area contributed by atoms with Crippen LogP contribution >= 0.6 is 11.6 Å². The van der Waals surface area contributed by atoms with Gasteiger partial charge in [0.2, 0.25) is 5.91 Å². The lowest BCUT2D eigenvalue weighted by Gasteiger charge is -2.24. The number of aromatic nitrogens is 3. The molecular formula is C17H22ClN5O5S. The minimum absolute atomic E-state index is 0.0930. The summed E-state index contributed by atoms with van der Waals surface area (Å²) in [5.74, 6) is -0.750. The highest BCUT2D eigenvalue weighted by molar-refractivity contribution is 7.86. The van der Waals surface area contributed by atoms with E-state index in [9.17, 15) is 18.0 Å². The van der Waals surface area contributed by atoms with Gasteiger partial charge >= 0.3 is 0 Å². The van der Waals surface area contributed by atoms with Gasteiger partial charge < -0.3 is 10.6 Å². The quantitative estimate of drug-likeness (QED) is 0.553. The summed E-state index contributed by atoms with van der Waals surface area (Å²) < 4.78 is 32.7. The van der Waals surface area contributed by atoms with E-state index in [2.05, 4.69) is 20.9 Å². The van der Waals surface area contributed by atoms with Crippen molar-refractivity contribution in [2.45, 2.75) is 45.0 Å². The van der Waals surface area contributed by atoms with Crippen LogP contribution in [0, 0.1) is 0 Å². The van der Waals surface area contributed by atoms with Gasteiger partial charge in [-0.05, 0) is 39.0 Å². The second-order valence-electron chi connectivity index (χ2n) is 7.14. The van der Waals surface area contributed by atoms with Crippen LogP contribution in [-0.4, -0.2) is 45.0 Å². The number of anilines is 1. The summed E-state index contributed by atoms with van der Waals surface area (Å²) in [4.78, 5) is 23.9. The Morgan fingerprint density at radius 2 is 1.97 bits per heavy atom. The van der Waals surface area contributed by atoms with E-state index >= 15 is 0 Å². The van der Waals surface area contributed by atoms with Gasteiger partial charge in [-0.2, -0.15) is 8.42 Å². The second-order valence-corrected chi connectivity index (χ2v) is 9.41.